The third-order valence-corrected chi connectivity index (χ3v) is 3.32. The van der Waals surface area contributed by atoms with Gasteiger partial charge in [0.1, 0.15) is 24.0 Å². The van der Waals surface area contributed by atoms with Crippen molar-refractivity contribution < 1.29 is 18.6 Å². The average molecular weight is 343 g/mol. The molecule has 20 heavy (non-hydrogen) atoms. The first-order chi connectivity index (χ1) is 9.47. The van der Waals surface area contributed by atoms with Gasteiger partial charge >= 0.3 is 0 Å². The van der Waals surface area contributed by atoms with Crippen molar-refractivity contribution in [3.8, 4) is 5.75 Å². The molecule has 0 spiro atoms. The number of benzene rings is 2. The fourth-order valence-corrected chi connectivity index (χ4v) is 2.11. The Balaban J connectivity index is 2.20. The summed E-state index contributed by atoms with van der Waals surface area (Å²) in [7, 11) is 0. The molecule has 5 heteroatoms. The molecule has 2 aromatic carbocycles. The summed E-state index contributed by atoms with van der Waals surface area (Å²) in [5.74, 6) is -0.669. The fourth-order valence-electron chi connectivity index (χ4n) is 1.77. The van der Waals surface area contributed by atoms with Gasteiger partial charge in [-0.3, -0.25) is 0 Å². The summed E-state index contributed by atoms with van der Waals surface area (Å²) in [6.45, 7) is 1.52. The van der Waals surface area contributed by atoms with Crippen molar-refractivity contribution in [2.45, 2.75) is 19.6 Å². The first-order valence-electron chi connectivity index (χ1n) is 6.01. The second kappa shape index (κ2) is 6.33. The molecule has 2 nitrogen and oxygen atoms in total. The van der Waals surface area contributed by atoms with Gasteiger partial charge in [-0.1, -0.05) is 22.0 Å². The topological polar surface area (TPSA) is 29.5 Å². The van der Waals surface area contributed by atoms with Gasteiger partial charge in [-0.05, 0) is 31.2 Å². The average Bonchev–Trinajstić information content (AvgIpc) is 2.37. The summed E-state index contributed by atoms with van der Waals surface area (Å²) in [5.41, 5.74) is 0.818. The van der Waals surface area contributed by atoms with Crippen molar-refractivity contribution in [1.82, 2.24) is 0 Å². The Morgan fingerprint density at radius 3 is 2.60 bits per heavy atom. The smallest absolute Gasteiger partial charge is 0.130 e. The zero-order valence-electron chi connectivity index (χ0n) is 10.7. The van der Waals surface area contributed by atoms with Gasteiger partial charge in [0.2, 0.25) is 0 Å². The van der Waals surface area contributed by atoms with Crippen molar-refractivity contribution in [3.63, 3.8) is 0 Å². The molecular formula is C15H13BrF2O2. The molecule has 0 heterocycles. The molecule has 1 N–H and O–H groups in total. The lowest BCUT2D eigenvalue weighted by molar-refractivity contribution is 0.189. The molecule has 0 amide bonds. The molecule has 1 atom stereocenters. The van der Waals surface area contributed by atoms with Crippen molar-refractivity contribution in [1.29, 1.82) is 0 Å². The molecule has 0 aliphatic rings. The van der Waals surface area contributed by atoms with E-state index in [0.717, 1.165) is 0 Å². The summed E-state index contributed by atoms with van der Waals surface area (Å²) in [6, 6.07) is 8.49. The van der Waals surface area contributed by atoms with Crippen LogP contribution in [0.2, 0.25) is 0 Å². The summed E-state index contributed by atoms with van der Waals surface area (Å²) < 4.78 is 32.9. The van der Waals surface area contributed by atoms with E-state index in [1.165, 1.54) is 24.3 Å². The largest absolute Gasteiger partial charge is 0.488 e. The Kier molecular flexibility index (Phi) is 4.73. The van der Waals surface area contributed by atoms with Gasteiger partial charge in [-0.2, -0.15) is 0 Å². The molecular weight excluding hydrogens is 330 g/mol. The van der Waals surface area contributed by atoms with Crippen LogP contribution in [0.5, 0.6) is 5.75 Å². The van der Waals surface area contributed by atoms with Crippen LogP contribution in [-0.4, -0.2) is 5.11 Å². The lowest BCUT2D eigenvalue weighted by Crippen LogP contribution is -2.03. The number of rotatable bonds is 4. The highest BCUT2D eigenvalue weighted by molar-refractivity contribution is 9.10. The minimum atomic E-state index is -0.791. The number of ether oxygens (including phenoxy) is 1. The maximum Gasteiger partial charge on any atom is 0.130 e. The predicted octanol–water partition coefficient (Wildman–Crippen LogP) is 4.36. The van der Waals surface area contributed by atoms with E-state index in [9.17, 15) is 13.9 Å². The Morgan fingerprint density at radius 2 is 1.95 bits per heavy atom. The van der Waals surface area contributed by atoms with Crippen LogP contribution in [0.1, 0.15) is 24.2 Å². The SMILES string of the molecule is C[C@H](O)c1ccc(F)cc1OCc1ccc(Br)cc1F. The number of aliphatic hydroxyl groups is 1. The van der Waals surface area contributed by atoms with Crippen LogP contribution >= 0.6 is 15.9 Å². The number of aliphatic hydroxyl groups excluding tert-OH is 1. The monoisotopic (exact) mass is 342 g/mol. The highest BCUT2D eigenvalue weighted by Crippen LogP contribution is 2.27. The van der Waals surface area contributed by atoms with Crippen molar-refractivity contribution in [2.24, 2.45) is 0 Å². The van der Waals surface area contributed by atoms with Gasteiger partial charge in [0.25, 0.3) is 0 Å². The molecule has 0 fully saturated rings. The molecule has 0 aliphatic carbocycles. The van der Waals surface area contributed by atoms with Crippen LogP contribution in [0.3, 0.4) is 0 Å². The third-order valence-electron chi connectivity index (χ3n) is 2.82. The molecule has 106 valence electrons. The Bertz CT molecular complexity index is 615. The van der Waals surface area contributed by atoms with E-state index >= 15 is 0 Å². The molecule has 0 bridgehead atoms. The minimum Gasteiger partial charge on any atom is -0.488 e. The Hall–Kier alpha value is -1.46. The van der Waals surface area contributed by atoms with Crippen molar-refractivity contribution in [3.05, 3.63) is 63.6 Å². The van der Waals surface area contributed by atoms with Gasteiger partial charge in [0, 0.05) is 21.7 Å². The van der Waals surface area contributed by atoms with E-state index in [1.54, 1.807) is 19.1 Å². The number of halogens is 3. The second-order valence-corrected chi connectivity index (χ2v) is 5.30. The summed E-state index contributed by atoms with van der Waals surface area (Å²) in [5, 5.41) is 9.60. The highest BCUT2D eigenvalue weighted by Gasteiger charge is 2.11. The van der Waals surface area contributed by atoms with Crippen LogP contribution in [0.15, 0.2) is 40.9 Å². The summed E-state index contributed by atoms with van der Waals surface area (Å²) in [6.07, 6.45) is -0.791. The van der Waals surface area contributed by atoms with Gasteiger partial charge in [0.05, 0.1) is 6.10 Å². The second-order valence-electron chi connectivity index (χ2n) is 4.38. The van der Waals surface area contributed by atoms with Crippen LogP contribution in [0.4, 0.5) is 8.78 Å². The van der Waals surface area contributed by atoms with E-state index < -0.39 is 17.7 Å². The molecule has 0 saturated heterocycles. The van der Waals surface area contributed by atoms with Crippen LogP contribution in [0.25, 0.3) is 0 Å². The first kappa shape index (κ1) is 14.9. The van der Waals surface area contributed by atoms with E-state index in [0.29, 0.717) is 15.6 Å². The van der Waals surface area contributed by atoms with Gasteiger partial charge in [0.15, 0.2) is 0 Å². The molecule has 0 aliphatic heterocycles. The van der Waals surface area contributed by atoms with E-state index in [1.807, 2.05) is 0 Å². The maximum atomic E-state index is 13.7. The minimum absolute atomic E-state index is 0.0394. The number of hydrogen-bond acceptors (Lipinski definition) is 2. The van der Waals surface area contributed by atoms with Crippen molar-refractivity contribution >= 4 is 15.9 Å². The van der Waals surface area contributed by atoms with Crippen LogP contribution < -0.4 is 4.74 Å². The molecule has 2 aromatic rings. The van der Waals surface area contributed by atoms with E-state index in [2.05, 4.69) is 15.9 Å². The zero-order chi connectivity index (χ0) is 14.7. The third kappa shape index (κ3) is 3.55. The van der Waals surface area contributed by atoms with Crippen LogP contribution in [0, 0.1) is 11.6 Å². The van der Waals surface area contributed by atoms with E-state index in [-0.39, 0.29) is 12.4 Å². The van der Waals surface area contributed by atoms with Crippen molar-refractivity contribution in [2.75, 3.05) is 0 Å². The number of hydrogen-bond donors (Lipinski definition) is 1. The maximum absolute atomic E-state index is 13.7. The molecule has 0 unspecified atom stereocenters. The molecule has 0 aromatic heterocycles. The lowest BCUT2D eigenvalue weighted by atomic mass is 10.1. The van der Waals surface area contributed by atoms with Crippen LogP contribution in [-0.2, 0) is 6.61 Å². The fraction of sp³-hybridized carbons (Fsp3) is 0.200. The quantitative estimate of drug-likeness (QED) is 0.894. The standard InChI is InChI=1S/C15H13BrF2O2/c1-9(19)13-5-4-12(17)7-15(13)20-8-10-2-3-11(16)6-14(10)18/h2-7,9,19H,8H2,1H3/t9-/m0/s1. The molecule has 2 rings (SSSR count). The van der Waals surface area contributed by atoms with Gasteiger partial charge < -0.3 is 9.84 Å². The zero-order valence-corrected chi connectivity index (χ0v) is 12.3. The van der Waals surface area contributed by atoms with Gasteiger partial charge in [-0.15, -0.1) is 0 Å². The predicted molar refractivity (Wildman–Crippen MR) is 75.5 cm³/mol. The Morgan fingerprint density at radius 1 is 1.20 bits per heavy atom. The first-order valence-corrected chi connectivity index (χ1v) is 6.81. The molecule has 0 saturated carbocycles. The normalized spacial score (nSPS) is 12.2. The highest BCUT2D eigenvalue weighted by atomic mass is 79.9. The lowest BCUT2D eigenvalue weighted by Gasteiger charge is -2.14. The summed E-state index contributed by atoms with van der Waals surface area (Å²) in [4.78, 5) is 0. The van der Waals surface area contributed by atoms with Gasteiger partial charge in [-0.25, -0.2) is 8.78 Å². The van der Waals surface area contributed by atoms with E-state index in [4.69, 9.17) is 4.74 Å². The molecule has 0 radical (unpaired) electrons. The Labute approximate surface area is 124 Å². The summed E-state index contributed by atoms with van der Waals surface area (Å²) >= 11 is 3.17.